The Labute approximate surface area is 147 Å². The van der Waals surface area contributed by atoms with Crippen LogP contribution < -0.4 is 10.2 Å². The monoisotopic (exact) mass is 346 g/mol. The van der Waals surface area contributed by atoms with Crippen LogP contribution in [0.1, 0.15) is 61.2 Å². The zero-order valence-corrected chi connectivity index (χ0v) is 15.6. The molecule has 0 spiro atoms. The van der Waals surface area contributed by atoms with Crippen LogP contribution in [-0.4, -0.2) is 35.0 Å². The van der Waals surface area contributed by atoms with Gasteiger partial charge in [-0.25, -0.2) is 9.97 Å². The first kappa shape index (κ1) is 17.1. The van der Waals surface area contributed by atoms with Crippen LogP contribution in [-0.2, 0) is 0 Å². The van der Waals surface area contributed by atoms with E-state index in [0.717, 1.165) is 46.0 Å². The van der Waals surface area contributed by atoms with Crippen LogP contribution in [0.25, 0.3) is 10.2 Å². The minimum atomic E-state index is 0.00617. The number of fused-ring (bicyclic) bond motifs is 1. The second kappa shape index (κ2) is 7.47. The molecule has 0 aliphatic carbocycles. The molecule has 0 bridgehead atoms. The summed E-state index contributed by atoms with van der Waals surface area (Å²) in [6.45, 7) is 8.20. The fourth-order valence-corrected chi connectivity index (χ4v) is 4.23. The Morgan fingerprint density at radius 1 is 1.29 bits per heavy atom. The van der Waals surface area contributed by atoms with Crippen molar-refractivity contribution in [2.24, 2.45) is 0 Å². The Kier molecular flexibility index (Phi) is 5.33. The minimum absolute atomic E-state index is 0.00617. The molecule has 0 aromatic carbocycles. The highest BCUT2D eigenvalue weighted by Crippen LogP contribution is 2.35. The summed E-state index contributed by atoms with van der Waals surface area (Å²) >= 11 is 1.48. The topological polar surface area (TPSA) is 58.1 Å². The van der Waals surface area contributed by atoms with Crippen molar-refractivity contribution in [2.45, 2.75) is 58.9 Å². The molecule has 0 radical (unpaired) electrons. The van der Waals surface area contributed by atoms with Gasteiger partial charge in [0.25, 0.3) is 5.91 Å². The van der Waals surface area contributed by atoms with E-state index in [4.69, 9.17) is 0 Å². The average Bonchev–Trinajstić information content (AvgIpc) is 2.77. The second-order valence-electron chi connectivity index (χ2n) is 6.62. The number of nitrogens with one attached hydrogen (secondary N) is 1. The zero-order valence-electron chi connectivity index (χ0n) is 14.8. The molecule has 130 valence electrons. The van der Waals surface area contributed by atoms with E-state index in [1.807, 2.05) is 13.8 Å². The highest BCUT2D eigenvalue weighted by atomic mass is 32.1. The number of carbonyl (C=O) groups is 1. The number of carbonyl (C=O) groups excluding carboxylic acids is 1. The van der Waals surface area contributed by atoms with Crippen LogP contribution in [0, 0.1) is 6.92 Å². The normalized spacial score (nSPS) is 16.9. The first-order chi connectivity index (χ1) is 11.6. The summed E-state index contributed by atoms with van der Waals surface area (Å²) < 4.78 is 0. The molecule has 1 N–H and O–H groups in total. The van der Waals surface area contributed by atoms with Gasteiger partial charge in [0.05, 0.1) is 10.3 Å². The first-order valence-electron chi connectivity index (χ1n) is 8.91. The smallest absolute Gasteiger partial charge is 0.261 e. The summed E-state index contributed by atoms with van der Waals surface area (Å²) in [5, 5.41) is 4.12. The van der Waals surface area contributed by atoms with Crippen molar-refractivity contribution in [1.82, 2.24) is 15.3 Å². The van der Waals surface area contributed by atoms with Crippen LogP contribution in [0.4, 0.5) is 5.82 Å². The van der Waals surface area contributed by atoms with E-state index in [2.05, 4.69) is 27.1 Å². The van der Waals surface area contributed by atoms with E-state index < -0.39 is 0 Å². The molecule has 5 nitrogen and oxygen atoms in total. The van der Waals surface area contributed by atoms with E-state index in [1.165, 1.54) is 37.0 Å². The molecule has 2 aromatic rings. The summed E-state index contributed by atoms with van der Waals surface area (Å²) in [5.41, 5.74) is 1.01. The van der Waals surface area contributed by atoms with Crippen LogP contribution in [0.3, 0.4) is 0 Å². The maximum absolute atomic E-state index is 12.6. The molecule has 1 saturated heterocycles. The number of rotatable bonds is 4. The maximum atomic E-state index is 12.6. The lowest BCUT2D eigenvalue weighted by molar-refractivity contribution is 0.0943. The van der Waals surface area contributed by atoms with Gasteiger partial charge in [0.15, 0.2) is 0 Å². The number of aromatic nitrogens is 2. The van der Waals surface area contributed by atoms with Crippen molar-refractivity contribution < 1.29 is 4.79 Å². The van der Waals surface area contributed by atoms with E-state index in [1.54, 1.807) is 6.33 Å². The standard InChI is InChI=1S/C18H26N4OS/c1-4-12(2)21-17(23)15-13(3)14-16(19-11-20-18(14)24-15)22-9-7-5-6-8-10-22/h11-12H,4-10H2,1-3H3,(H,21,23)/t12-/m0/s1. The summed E-state index contributed by atoms with van der Waals surface area (Å²) in [6.07, 6.45) is 7.54. The first-order valence-corrected chi connectivity index (χ1v) is 9.73. The van der Waals surface area contributed by atoms with E-state index in [9.17, 15) is 4.79 Å². The molecular weight excluding hydrogens is 320 g/mol. The molecular formula is C18H26N4OS. The van der Waals surface area contributed by atoms with Crippen LogP contribution >= 0.6 is 11.3 Å². The second-order valence-corrected chi connectivity index (χ2v) is 7.62. The number of thiophene rings is 1. The Hall–Kier alpha value is -1.69. The highest BCUT2D eigenvalue weighted by Gasteiger charge is 2.22. The molecule has 3 rings (SSSR count). The third kappa shape index (κ3) is 3.38. The van der Waals surface area contributed by atoms with Crippen molar-refractivity contribution >= 4 is 33.3 Å². The average molecular weight is 347 g/mol. The summed E-state index contributed by atoms with van der Waals surface area (Å²) in [4.78, 5) is 25.6. The molecule has 1 fully saturated rings. The number of amides is 1. The number of hydrogen-bond donors (Lipinski definition) is 1. The summed E-state index contributed by atoms with van der Waals surface area (Å²) in [5.74, 6) is 1.00. The van der Waals surface area contributed by atoms with Gasteiger partial charge in [0.2, 0.25) is 0 Å². The summed E-state index contributed by atoms with van der Waals surface area (Å²) in [6, 6.07) is 0.179. The molecule has 6 heteroatoms. The van der Waals surface area contributed by atoms with Crippen molar-refractivity contribution in [3.8, 4) is 0 Å². The van der Waals surface area contributed by atoms with Crippen LogP contribution in [0.2, 0.25) is 0 Å². The molecule has 1 amide bonds. The largest absolute Gasteiger partial charge is 0.356 e. The van der Waals surface area contributed by atoms with Crippen molar-refractivity contribution in [1.29, 1.82) is 0 Å². The Bertz CT molecular complexity index is 719. The van der Waals surface area contributed by atoms with Crippen LogP contribution in [0.5, 0.6) is 0 Å². The fraction of sp³-hybridized carbons (Fsp3) is 0.611. The van der Waals surface area contributed by atoms with Gasteiger partial charge in [-0.1, -0.05) is 19.8 Å². The minimum Gasteiger partial charge on any atom is -0.356 e. The highest BCUT2D eigenvalue weighted by molar-refractivity contribution is 7.20. The van der Waals surface area contributed by atoms with Crippen molar-refractivity contribution in [3.63, 3.8) is 0 Å². The molecule has 3 heterocycles. The van der Waals surface area contributed by atoms with Gasteiger partial charge in [0, 0.05) is 19.1 Å². The molecule has 1 atom stereocenters. The van der Waals surface area contributed by atoms with E-state index >= 15 is 0 Å². The number of hydrogen-bond acceptors (Lipinski definition) is 5. The predicted molar refractivity (Wildman–Crippen MR) is 100 cm³/mol. The van der Waals surface area contributed by atoms with Gasteiger partial charge in [0.1, 0.15) is 17.0 Å². The molecule has 24 heavy (non-hydrogen) atoms. The Morgan fingerprint density at radius 3 is 2.67 bits per heavy atom. The van der Waals surface area contributed by atoms with E-state index in [-0.39, 0.29) is 11.9 Å². The Balaban J connectivity index is 1.99. The zero-order chi connectivity index (χ0) is 17.1. The molecule has 0 saturated carbocycles. The lowest BCUT2D eigenvalue weighted by Gasteiger charge is -2.22. The lowest BCUT2D eigenvalue weighted by atomic mass is 10.1. The number of nitrogens with zero attached hydrogens (tertiary/aromatic N) is 3. The lowest BCUT2D eigenvalue weighted by Crippen LogP contribution is -2.31. The third-order valence-corrected chi connectivity index (χ3v) is 6.01. The maximum Gasteiger partial charge on any atom is 0.261 e. The molecule has 2 aromatic heterocycles. The van der Waals surface area contributed by atoms with Gasteiger partial charge >= 0.3 is 0 Å². The van der Waals surface area contributed by atoms with Gasteiger partial charge in [-0.05, 0) is 38.7 Å². The van der Waals surface area contributed by atoms with E-state index in [0.29, 0.717) is 0 Å². The van der Waals surface area contributed by atoms with Crippen molar-refractivity contribution in [3.05, 3.63) is 16.8 Å². The number of anilines is 1. The van der Waals surface area contributed by atoms with Crippen molar-refractivity contribution in [2.75, 3.05) is 18.0 Å². The SMILES string of the molecule is CC[C@H](C)NC(=O)c1sc2ncnc(N3CCCCCC3)c2c1C. The van der Waals surface area contributed by atoms with Crippen LogP contribution in [0.15, 0.2) is 6.33 Å². The predicted octanol–water partition coefficient (Wildman–Crippen LogP) is 3.91. The molecule has 1 aliphatic rings. The molecule has 1 aliphatic heterocycles. The van der Waals surface area contributed by atoms with Gasteiger partial charge < -0.3 is 10.2 Å². The van der Waals surface area contributed by atoms with Gasteiger partial charge in [-0.2, -0.15) is 0 Å². The fourth-order valence-electron chi connectivity index (χ4n) is 3.18. The van der Waals surface area contributed by atoms with Gasteiger partial charge in [-0.15, -0.1) is 11.3 Å². The molecule has 0 unspecified atom stereocenters. The summed E-state index contributed by atoms with van der Waals surface area (Å²) in [7, 11) is 0. The van der Waals surface area contributed by atoms with Gasteiger partial charge in [-0.3, -0.25) is 4.79 Å². The quantitative estimate of drug-likeness (QED) is 0.912. The Morgan fingerprint density at radius 2 is 2.00 bits per heavy atom. The third-order valence-electron chi connectivity index (χ3n) is 4.81. The number of aryl methyl sites for hydroxylation is 1.